The van der Waals surface area contributed by atoms with E-state index in [0.717, 1.165) is 45.0 Å². The zero-order valence-electron chi connectivity index (χ0n) is 25.1. The first kappa shape index (κ1) is 33.2. The quantitative estimate of drug-likeness (QED) is 0.372. The summed E-state index contributed by atoms with van der Waals surface area (Å²) in [5.74, 6) is -1.17. The number of sulfonamides is 2. The number of rotatable bonds is 11. The second-order valence-corrected chi connectivity index (χ2v) is 16.1. The summed E-state index contributed by atoms with van der Waals surface area (Å²) in [4.78, 5) is 17.5. The number of piperidine rings is 2. The van der Waals surface area contributed by atoms with Gasteiger partial charge in [0.2, 0.25) is 26.0 Å². The average Bonchev–Trinajstić information content (AvgIpc) is 3.38. The van der Waals surface area contributed by atoms with Gasteiger partial charge in [-0.2, -0.15) is 4.31 Å². The van der Waals surface area contributed by atoms with Crippen molar-refractivity contribution in [2.75, 3.05) is 58.3 Å². The Bertz CT molecular complexity index is 1280. The predicted octanol–water partition coefficient (Wildman–Crippen LogP) is 3.24. The molecule has 4 rings (SSSR count). The molecule has 0 saturated carbocycles. The molecule has 2 atom stereocenters. The molecule has 42 heavy (non-hydrogen) atoms. The fraction of sp³-hybridized carbons (Fsp3) is 0.759. The number of likely N-dealkylation sites (tertiary alicyclic amines) is 1. The molecule has 0 N–H and O–H groups in total. The summed E-state index contributed by atoms with van der Waals surface area (Å²) >= 11 is 0. The molecule has 1 aromatic rings. The summed E-state index contributed by atoms with van der Waals surface area (Å²) in [6.07, 6.45) is 7.72. The molecular weight excluding hydrogens is 586 g/mol. The van der Waals surface area contributed by atoms with Crippen molar-refractivity contribution in [3.8, 4) is 0 Å². The normalized spacial score (nSPS) is 23.3. The van der Waals surface area contributed by atoms with Gasteiger partial charge in [-0.15, -0.1) is 0 Å². The summed E-state index contributed by atoms with van der Waals surface area (Å²) < 4.78 is 79.6. The Labute approximate surface area is 250 Å². The lowest BCUT2D eigenvalue weighted by atomic mass is 9.78. The van der Waals surface area contributed by atoms with E-state index in [1.54, 1.807) is 0 Å². The summed E-state index contributed by atoms with van der Waals surface area (Å²) in [7, 11) is -6.60. The highest BCUT2D eigenvalue weighted by Gasteiger charge is 2.36. The van der Waals surface area contributed by atoms with Crippen LogP contribution in [0.5, 0.6) is 0 Å². The molecule has 3 saturated heterocycles. The van der Waals surface area contributed by atoms with Gasteiger partial charge in [0, 0.05) is 63.8 Å². The molecular formula is C29H46F2N4O5S2. The lowest BCUT2D eigenvalue weighted by molar-refractivity contribution is -0.135. The van der Waals surface area contributed by atoms with Gasteiger partial charge in [-0.05, 0) is 87.9 Å². The second kappa shape index (κ2) is 14.0. The molecule has 3 aliphatic rings. The molecule has 0 radical (unpaired) electrons. The van der Waals surface area contributed by atoms with E-state index in [1.165, 1.54) is 33.3 Å². The maximum absolute atomic E-state index is 14.2. The Kier molecular flexibility index (Phi) is 11.0. The van der Waals surface area contributed by atoms with Gasteiger partial charge >= 0.3 is 0 Å². The van der Waals surface area contributed by atoms with Gasteiger partial charge in [0.1, 0.15) is 11.6 Å². The predicted molar refractivity (Wildman–Crippen MR) is 159 cm³/mol. The van der Waals surface area contributed by atoms with E-state index in [9.17, 15) is 30.4 Å². The number of nitrogens with zero attached hydrogens (tertiary/aromatic N) is 4. The molecule has 1 aromatic carbocycles. The Morgan fingerprint density at radius 1 is 0.905 bits per heavy atom. The van der Waals surface area contributed by atoms with Crippen LogP contribution in [0.3, 0.4) is 0 Å². The smallest absolute Gasteiger partial charge is 0.224 e. The number of hydrogen-bond donors (Lipinski definition) is 0. The molecule has 3 fully saturated rings. The molecule has 13 heteroatoms. The van der Waals surface area contributed by atoms with Crippen LogP contribution in [0.25, 0.3) is 0 Å². The van der Waals surface area contributed by atoms with Crippen LogP contribution in [0.4, 0.5) is 8.78 Å². The minimum atomic E-state index is -3.33. The van der Waals surface area contributed by atoms with E-state index in [-0.39, 0.29) is 36.2 Å². The van der Waals surface area contributed by atoms with Crippen LogP contribution < -0.4 is 0 Å². The molecule has 0 aliphatic carbocycles. The van der Waals surface area contributed by atoms with E-state index >= 15 is 0 Å². The molecule has 3 aliphatic heterocycles. The Morgan fingerprint density at radius 3 is 2.07 bits per heavy atom. The van der Waals surface area contributed by atoms with Gasteiger partial charge in [-0.3, -0.25) is 4.79 Å². The van der Waals surface area contributed by atoms with Gasteiger partial charge < -0.3 is 9.80 Å². The van der Waals surface area contributed by atoms with Crippen molar-refractivity contribution < 1.29 is 30.4 Å². The lowest BCUT2D eigenvalue weighted by Crippen LogP contribution is -2.49. The number of amides is 1. The molecule has 1 amide bonds. The van der Waals surface area contributed by atoms with Crippen LogP contribution in [-0.4, -0.2) is 112 Å². The van der Waals surface area contributed by atoms with Gasteiger partial charge in [0.05, 0.1) is 12.5 Å². The first-order chi connectivity index (χ1) is 19.8. The highest BCUT2D eigenvalue weighted by molar-refractivity contribution is 7.88. The van der Waals surface area contributed by atoms with Gasteiger partial charge in [0.15, 0.2) is 0 Å². The fourth-order valence-corrected chi connectivity index (χ4v) is 9.31. The number of benzene rings is 1. The third-order valence-electron chi connectivity index (χ3n) is 9.42. The van der Waals surface area contributed by atoms with E-state index in [0.29, 0.717) is 57.4 Å². The van der Waals surface area contributed by atoms with Gasteiger partial charge in [-0.25, -0.2) is 29.9 Å². The summed E-state index contributed by atoms with van der Waals surface area (Å²) in [6.45, 7) is 6.17. The van der Waals surface area contributed by atoms with Crippen LogP contribution in [0.2, 0.25) is 0 Å². The molecule has 0 spiro atoms. The third kappa shape index (κ3) is 8.49. The first-order valence-electron chi connectivity index (χ1n) is 15.2. The van der Waals surface area contributed by atoms with Gasteiger partial charge in [-0.1, -0.05) is 0 Å². The minimum absolute atomic E-state index is 0.00475. The summed E-state index contributed by atoms with van der Waals surface area (Å²) in [5.41, 5.74) is 0.623. The van der Waals surface area contributed by atoms with Crippen LogP contribution in [0, 0.1) is 17.6 Å². The zero-order valence-corrected chi connectivity index (χ0v) is 26.7. The molecule has 3 heterocycles. The van der Waals surface area contributed by atoms with Crippen molar-refractivity contribution in [1.29, 1.82) is 0 Å². The average molecular weight is 633 g/mol. The fourth-order valence-electron chi connectivity index (χ4n) is 7.26. The third-order valence-corrected chi connectivity index (χ3v) is 12.1. The monoisotopic (exact) mass is 632 g/mol. The second-order valence-electron chi connectivity index (χ2n) is 12.2. The molecule has 0 bridgehead atoms. The van der Waals surface area contributed by atoms with Crippen LogP contribution in [-0.2, 0) is 24.8 Å². The van der Waals surface area contributed by atoms with Crippen LogP contribution >= 0.6 is 0 Å². The van der Waals surface area contributed by atoms with Gasteiger partial charge in [0.25, 0.3) is 0 Å². The van der Waals surface area contributed by atoms with Crippen molar-refractivity contribution in [2.24, 2.45) is 5.92 Å². The topological polar surface area (TPSA) is 98.3 Å². The number of carbonyl (C=O) groups excluding carboxylic acids is 1. The largest absolute Gasteiger partial charge is 0.340 e. The van der Waals surface area contributed by atoms with Crippen molar-refractivity contribution in [3.05, 3.63) is 35.4 Å². The van der Waals surface area contributed by atoms with Crippen molar-refractivity contribution in [2.45, 2.75) is 76.3 Å². The van der Waals surface area contributed by atoms with E-state index in [1.807, 2.05) is 11.8 Å². The van der Waals surface area contributed by atoms with Crippen molar-refractivity contribution >= 4 is 26.0 Å². The lowest BCUT2D eigenvalue weighted by Gasteiger charge is -2.40. The Balaban J connectivity index is 1.34. The minimum Gasteiger partial charge on any atom is -0.340 e. The van der Waals surface area contributed by atoms with E-state index in [2.05, 4.69) is 4.90 Å². The maximum atomic E-state index is 14.2. The highest BCUT2D eigenvalue weighted by atomic mass is 32.2. The van der Waals surface area contributed by atoms with E-state index in [4.69, 9.17) is 0 Å². The summed E-state index contributed by atoms with van der Waals surface area (Å²) in [5, 5.41) is 0. The van der Waals surface area contributed by atoms with Crippen molar-refractivity contribution in [1.82, 2.24) is 18.4 Å². The maximum Gasteiger partial charge on any atom is 0.224 e. The summed E-state index contributed by atoms with van der Waals surface area (Å²) in [6, 6.07) is 3.52. The van der Waals surface area contributed by atoms with Crippen molar-refractivity contribution in [3.63, 3.8) is 0 Å². The van der Waals surface area contributed by atoms with Crippen LogP contribution in [0.1, 0.15) is 69.8 Å². The Morgan fingerprint density at radius 2 is 1.52 bits per heavy atom. The molecule has 9 nitrogen and oxygen atoms in total. The molecule has 0 aromatic heterocycles. The van der Waals surface area contributed by atoms with Crippen LogP contribution in [0.15, 0.2) is 18.2 Å². The zero-order chi connectivity index (χ0) is 30.7. The SMILES string of the molecule is CCN(C(=O)CC1CCCN1S(C)(=O)=O)C1CCN(CCC(c2cc(F)cc(F)c2)C2CCN(S(C)(=O)=O)CC2)CC1. The molecule has 238 valence electrons. The number of hydrogen-bond acceptors (Lipinski definition) is 6. The highest BCUT2D eigenvalue weighted by Crippen LogP contribution is 2.37. The number of carbonyl (C=O) groups is 1. The number of halogens is 2. The van der Waals surface area contributed by atoms with E-state index < -0.39 is 31.7 Å². The Hall–Kier alpha value is -1.67. The molecule has 2 unspecified atom stereocenters. The standard InChI is InChI=1S/C29H46F2N4O5S2/c1-4-34(29(36)21-27-6-5-12-35(27)42(3,39)40)26-9-13-32(14-10-26)15-11-28(23-18-24(30)20-25(31)19-23)22-7-16-33(17-8-22)41(2,37)38/h18-20,22,26-28H,4-17,21H2,1-3H3. The first-order valence-corrected chi connectivity index (χ1v) is 18.9.